The summed E-state index contributed by atoms with van der Waals surface area (Å²) in [5.41, 5.74) is 2.03. The number of rotatable bonds is 2. The van der Waals surface area contributed by atoms with Crippen molar-refractivity contribution in [2.24, 2.45) is 5.92 Å². The van der Waals surface area contributed by atoms with E-state index in [1.807, 2.05) is 0 Å². The lowest BCUT2D eigenvalue weighted by atomic mass is 9.90. The van der Waals surface area contributed by atoms with Crippen LogP contribution in [0.5, 0.6) is 0 Å². The van der Waals surface area contributed by atoms with Crippen molar-refractivity contribution in [2.45, 2.75) is 38.2 Å². The molecule has 2 unspecified atom stereocenters. The lowest BCUT2D eigenvalue weighted by molar-refractivity contribution is -0.142. The number of aromatic nitrogens is 2. The van der Waals surface area contributed by atoms with E-state index >= 15 is 0 Å². The van der Waals surface area contributed by atoms with Crippen molar-refractivity contribution < 1.29 is 14.6 Å². The third kappa shape index (κ3) is 1.95. The van der Waals surface area contributed by atoms with Gasteiger partial charge in [-0.3, -0.25) is 4.79 Å². The molecule has 0 amide bonds. The molecule has 0 aromatic carbocycles. The van der Waals surface area contributed by atoms with Crippen molar-refractivity contribution in [3.8, 4) is 0 Å². The van der Waals surface area contributed by atoms with Crippen molar-refractivity contribution in [3.05, 3.63) is 17.2 Å². The van der Waals surface area contributed by atoms with Crippen LogP contribution in [-0.4, -0.2) is 27.7 Å². The molecule has 1 aromatic rings. The highest BCUT2D eigenvalue weighted by Gasteiger charge is 2.29. The number of hydrogen-bond acceptors (Lipinski definition) is 3. The summed E-state index contributed by atoms with van der Waals surface area (Å²) < 4.78 is 5.58. The van der Waals surface area contributed by atoms with Gasteiger partial charge in [-0.25, -0.2) is 4.98 Å². The predicted octanol–water partition coefficient (Wildman–Crippen LogP) is 1.45. The van der Waals surface area contributed by atoms with Crippen LogP contribution in [0, 0.1) is 5.92 Å². The van der Waals surface area contributed by atoms with Gasteiger partial charge >= 0.3 is 5.97 Å². The fraction of sp³-hybridized carbons (Fsp3) is 0.667. The molecule has 2 atom stereocenters. The summed E-state index contributed by atoms with van der Waals surface area (Å²) >= 11 is 0. The van der Waals surface area contributed by atoms with E-state index in [9.17, 15) is 4.79 Å². The predicted molar refractivity (Wildman–Crippen MR) is 59.7 cm³/mol. The summed E-state index contributed by atoms with van der Waals surface area (Å²) in [6.45, 7) is 0.799. The Kier molecular flexibility index (Phi) is 2.63. The number of aliphatic carboxylic acids is 1. The summed E-state index contributed by atoms with van der Waals surface area (Å²) in [6.07, 6.45) is 4.20. The van der Waals surface area contributed by atoms with Crippen LogP contribution in [-0.2, 0) is 22.4 Å². The van der Waals surface area contributed by atoms with Crippen LogP contribution in [0.4, 0.5) is 0 Å². The zero-order chi connectivity index (χ0) is 11.8. The number of carboxylic acids is 1. The first-order chi connectivity index (χ1) is 8.24. The molecule has 0 radical (unpaired) electrons. The van der Waals surface area contributed by atoms with Crippen LogP contribution in [0.3, 0.4) is 0 Å². The first-order valence-corrected chi connectivity index (χ1v) is 6.16. The third-order valence-corrected chi connectivity index (χ3v) is 3.65. The van der Waals surface area contributed by atoms with Gasteiger partial charge in [-0.1, -0.05) is 0 Å². The van der Waals surface area contributed by atoms with Crippen molar-refractivity contribution >= 4 is 5.97 Å². The van der Waals surface area contributed by atoms with Crippen molar-refractivity contribution in [2.75, 3.05) is 6.61 Å². The molecule has 3 rings (SSSR count). The summed E-state index contributed by atoms with van der Waals surface area (Å²) in [7, 11) is 0. The molecule has 2 N–H and O–H groups in total. The number of aromatic amines is 1. The van der Waals surface area contributed by atoms with Gasteiger partial charge < -0.3 is 14.8 Å². The zero-order valence-electron chi connectivity index (χ0n) is 9.61. The van der Waals surface area contributed by atoms with Crippen LogP contribution < -0.4 is 0 Å². The molecule has 1 aliphatic carbocycles. The maximum Gasteiger partial charge on any atom is 0.306 e. The Morgan fingerprint density at radius 3 is 3.06 bits per heavy atom. The molecule has 1 fully saturated rings. The fourth-order valence-electron chi connectivity index (χ4n) is 2.66. The number of imidazole rings is 1. The van der Waals surface area contributed by atoms with Gasteiger partial charge in [0.25, 0.3) is 0 Å². The molecule has 5 nitrogen and oxygen atoms in total. The van der Waals surface area contributed by atoms with Gasteiger partial charge in [-0.2, -0.15) is 0 Å². The molecule has 2 heterocycles. The van der Waals surface area contributed by atoms with E-state index in [1.54, 1.807) is 0 Å². The quantitative estimate of drug-likeness (QED) is 0.815. The van der Waals surface area contributed by atoms with E-state index in [2.05, 4.69) is 9.97 Å². The highest BCUT2D eigenvalue weighted by atomic mass is 16.5. The first-order valence-electron chi connectivity index (χ1n) is 6.16. The Hall–Kier alpha value is -1.36. The number of H-pyrrole nitrogens is 1. The van der Waals surface area contributed by atoms with Gasteiger partial charge in [0, 0.05) is 18.7 Å². The van der Waals surface area contributed by atoms with Gasteiger partial charge in [-0.05, 0) is 25.7 Å². The molecular formula is C12H16N2O3. The molecule has 2 aliphatic rings. The second-order valence-electron chi connectivity index (χ2n) is 4.83. The Morgan fingerprint density at radius 1 is 1.47 bits per heavy atom. The van der Waals surface area contributed by atoms with Crippen molar-refractivity contribution in [3.63, 3.8) is 0 Å². The smallest absolute Gasteiger partial charge is 0.306 e. The van der Waals surface area contributed by atoms with E-state index in [0.717, 1.165) is 43.1 Å². The van der Waals surface area contributed by atoms with E-state index < -0.39 is 5.97 Å². The standard InChI is InChI=1S/C12H16N2O3/c15-12(16)7-3-4-8-9(6-7)14-11(13-8)10-2-1-5-17-10/h7,10H,1-6H2,(H,13,14)(H,15,16). The van der Waals surface area contributed by atoms with E-state index in [4.69, 9.17) is 9.84 Å². The average molecular weight is 236 g/mol. The minimum atomic E-state index is -0.705. The molecule has 0 bridgehead atoms. The van der Waals surface area contributed by atoms with Crippen LogP contribution >= 0.6 is 0 Å². The summed E-state index contributed by atoms with van der Waals surface area (Å²) in [5.74, 6) is -0.0808. The summed E-state index contributed by atoms with van der Waals surface area (Å²) in [4.78, 5) is 18.8. The third-order valence-electron chi connectivity index (χ3n) is 3.65. The summed E-state index contributed by atoms with van der Waals surface area (Å²) in [5, 5.41) is 9.02. The number of fused-ring (bicyclic) bond motifs is 1. The lowest BCUT2D eigenvalue weighted by Crippen LogP contribution is -2.22. The number of hydrogen-bond donors (Lipinski definition) is 2. The molecule has 92 valence electrons. The van der Waals surface area contributed by atoms with Gasteiger partial charge in [-0.15, -0.1) is 0 Å². The van der Waals surface area contributed by atoms with Crippen molar-refractivity contribution in [1.29, 1.82) is 0 Å². The van der Waals surface area contributed by atoms with E-state index in [0.29, 0.717) is 12.8 Å². The second kappa shape index (κ2) is 4.14. The Balaban J connectivity index is 1.81. The maximum absolute atomic E-state index is 11.0. The Labute approximate surface area is 99.2 Å². The second-order valence-corrected chi connectivity index (χ2v) is 4.83. The van der Waals surface area contributed by atoms with Gasteiger partial charge in [0.05, 0.1) is 11.6 Å². The number of carbonyl (C=O) groups is 1. The Bertz CT molecular complexity index is 435. The van der Waals surface area contributed by atoms with Crippen LogP contribution in [0.1, 0.15) is 42.6 Å². The van der Waals surface area contributed by atoms with E-state index in [-0.39, 0.29) is 12.0 Å². The lowest BCUT2D eigenvalue weighted by Gasteiger charge is -2.16. The molecule has 17 heavy (non-hydrogen) atoms. The minimum Gasteiger partial charge on any atom is -0.481 e. The minimum absolute atomic E-state index is 0.0869. The van der Waals surface area contributed by atoms with Crippen molar-refractivity contribution in [1.82, 2.24) is 9.97 Å². The van der Waals surface area contributed by atoms with E-state index in [1.165, 1.54) is 0 Å². The summed E-state index contributed by atoms with van der Waals surface area (Å²) in [6, 6.07) is 0. The monoisotopic (exact) mass is 236 g/mol. The largest absolute Gasteiger partial charge is 0.481 e. The van der Waals surface area contributed by atoms with Gasteiger partial charge in [0.1, 0.15) is 11.9 Å². The molecule has 1 aromatic heterocycles. The molecular weight excluding hydrogens is 220 g/mol. The molecule has 1 aliphatic heterocycles. The number of nitrogens with zero attached hydrogens (tertiary/aromatic N) is 1. The average Bonchev–Trinajstić information content (AvgIpc) is 2.96. The number of nitrogens with one attached hydrogen (secondary N) is 1. The fourth-order valence-corrected chi connectivity index (χ4v) is 2.66. The normalized spacial score (nSPS) is 28.0. The van der Waals surface area contributed by atoms with Gasteiger partial charge in [0.2, 0.25) is 0 Å². The Morgan fingerprint density at radius 2 is 2.35 bits per heavy atom. The highest BCUT2D eigenvalue weighted by molar-refractivity contribution is 5.70. The molecule has 1 saturated heterocycles. The number of ether oxygens (including phenoxy) is 1. The van der Waals surface area contributed by atoms with Gasteiger partial charge in [0.15, 0.2) is 0 Å². The molecule has 0 saturated carbocycles. The zero-order valence-corrected chi connectivity index (χ0v) is 9.61. The van der Waals surface area contributed by atoms with Crippen LogP contribution in [0.15, 0.2) is 0 Å². The SMILES string of the molecule is O=C(O)C1CCc2nc(C3CCCO3)[nH]c2C1. The topological polar surface area (TPSA) is 75.2 Å². The first kappa shape index (κ1) is 10.8. The number of carboxylic acid groups (broad SMARTS) is 1. The molecule has 5 heteroatoms. The maximum atomic E-state index is 11.0. The molecule has 0 spiro atoms. The highest BCUT2D eigenvalue weighted by Crippen LogP contribution is 2.30. The van der Waals surface area contributed by atoms with Crippen LogP contribution in [0.2, 0.25) is 0 Å². The number of aryl methyl sites for hydroxylation is 1. The van der Waals surface area contributed by atoms with Crippen LogP contribution in [0.25, 0.3) is 0 Å².